The molecular weight excluding hydrogens is 274 g/mol. The molecule has 1 amide bonds. The summed E-state index contributed by atoms with van der Waals surface area (Å²) in [5.74, 6) is -0.0487. The number of hydrogen-bond donors (Lipinski definition) is 1. The van der Waals surface area contributed by atoms with E-state index < -0.39 is 0 Å². The fraction of sp³-hybridized carbons (Fsp3) is 0.263. The lowest BCUT2D eigenvalue weighted by Crippen LogP contribution is -2.12. The molecule has 0 aliphatic heterocycles. The molecule has 2 aromatic carbocycles. The average Bonchev–Trinajstić information content (AvgIpc) is 2.53. The third kappa shape index (κ3) is 4.55. The molecule has 3 nitrogen and oxygen atoms in total. The number of benzene rings is 2. The van der Waals surface area contributed by atoms with Crippen LogP contribution in [0.1, 0.15) is 41.8 Å². The van der Waals surface area contributed by atoms with Crippen molar-refractivity contribution in [3.63, 3.8) is 0 Å². The second-order valence-electron chi connectivity index (χ2n) is 5.36. The molecule has 0 aliphatic rings. The third-order valence-corrected chi connectivity index (χ3v) is 3.62. The molecule has 1 N–H and O–H groups in total. The van der Waals surface area contributed by atoms with Gasteiger partial charge in [0, 0.05) is 17.7 Å². The molecule has 2 rings (SSSR count). The smallest absolute Gasteiger partial charge is 0.224 e. The van der Waals surface area contributed by atoms with Crippen LogP contribution in [0, 0.1) is 0 Å². The quantitative estimate of drug-likeness (QED) is 0.818. The molecule has 0 aromatic heterocycles. The maximum absolute atomic E-state index is 12.0. The van der Waals surface area contributed by atoms with Crippen molar-refractivity contribution in [1.82, 2.24) is 0 Å². The summed E-state index contributed by atoms with van der Waals surface area (Å²) in [4.78, 5) is 23.3. The van der Waals surface area contributed by atoms with Crippen LogP contribution in [0.25, 0.3) is 0 Å². The first-order valence-electron chi connectivity index (χ1n) is 7.57. The number of anilines is 1. The number of Topliss-reactive ketones (excluding diaryl/α,β-unsaturated/α-hetero) is 1. The molecule has 22 heavy (non-hydrogen) atoms. The molecule has 0 atom stereocenters. The predicted molar refractivity (Wildman–Crippen MR) is 89.2 cm³/mol. The molecule has 0 radical (unpaired) electrons. The molecule has 0 unspecified atom stereocenters. The fourth-order valence-corrected chi connectivity index (χ4v) is 2.24. The van der Waals surface area contributed by atoms with Crippen LogP contribution in [0.2, 0.25) is 0 Å². The molecule has 2 aromatic rings. The minimum Gasteiger partial charge on any atom is -0.326 e. The number of hydrogen-bond acceptors (Lipinski definition) is 2. The maximum Gasteiger partial charge on any atom is 0.224 e. The van der Waals surface area contributed by atoms with E-state index in [1.165, 1.54) is 12.5 Å². The van der Waals surface area contributed by atoms with Crippen LogP contribution in [0.15, 0.2) is 48.5 Å². The van der Waals surface area contributed by atoms with Gasteiger partial charge in [-0.25, -0.2) is 0 Å². The molecule has 0 bridgehead atoms. The SMILES string of the molecule is CCc1ccc(CCC(=O)Nc2cccc(C(C)=O)c2)cc1. The van der Waals surface area contributed by atoms with Crippen LogP contribution in [-0.2, 0) is 17.6 Å². The van der Waals surface area contributed by atoms with Crippen LogP contribution < -0.4 is 5.32 Å². The van der Waals surface area contributed by atoms with E-state index in [1.807, 2.05) is 0 Å². The standard InChI is InChI=1S/C19H21NO2/c1-3-15-7-9-16(10-8-15)11-12-19(22)20-18-6-4-5-17(13-18)14(2)21/h4-10,13H,3,11-12H2,1-2H3,(H,20,22). The number of carbonyl (C=O) groups excluding carboxylic acids is 2. The highest BCUT2D eigenvalue weighted by Crippen LogP contribution is 2.12. The zero-order valence-corrected chi connectivity index (χ0v) is 13.1. The van der Waals surface area contributed by atoms with E-state index in [2.05, 4.69) is 36.5 Å². The summed E-state index contributed by atoms with van der Waals surface area (Å²) in [6.45, 7) is 3.64. The minimum absolute atomic E-state index is 0.00730. The van der Waals surface area contributed by atoms with Gasteiger partial charge in [0.1, 0.15) is 0 Å². The van der Waals surface area contributed by atoms with Crippen LogP contribution in [0.4, 0.5) is 5.69 Å². The predicted octanol–water partition coefficient (Wildman–Crippen LogP) is 4.02. The van der Waals surface area contributed by atoms with Crippen molar-refractivity contribution in [1.29, 1.82) is 0 Å². The van der Waals surface area contributed by atoms with Crippen LogP contribution in [-0.4, -0.2) is 11.7 Å². The van der Waals surface area contributed by atoms with Gasteiger partial charge in [0.15, 0.2) is 5.78 Å². The van der Waals surface area contributed by atoms with Gasteiger partial charge in [-0.2, -0.15) is 0 Å². The normalized spacial score (nSPS) is 10.3. The van der Waals surface area contributed by atoms with Gasteiger partial charge in [0.25, 0.3) is 0 Å². The largest absolute Gasteiger partial charge is 0.326 e. The van der Waals surface area contributed by atoms with Crippen molar-refractivity contribution in [2.24, 2.45) is 0 Å². The lowest BCUT2D eigenvalue weighted by molar-refractivity contribution is -0.116. The first kappa shape index (κ1) is 16.0. The number of nitrogens with one attached hydrogen (secondary N) is 1. The molecule has 114 valence electrons. The van der Waals surface area contributed by atoms with Crippen molar-refractivity contribution < 1.29 is 9.59 Å². The van der Waals surface area contributed by atoms with Crippen molar-refractivity contribution >= 4 is 17.4 Å². The average molecular weight is 295 g/mol. The molecule has 0 spiro atoms. The number of carbonyl (C=O) groups is 2. The summed E-state index contributed by atoms with van der Waals surface area (Å²) >= 11 is 0. The topological polar surface area (TPSA) is 46.2 Å². The first-order valence-corrected chi connectivity index (χ1v) is 7.57. The highest BCUT2D eigenvalue weighted by molar-refractivity contribution is 5.97. The number of ketones is 1. The van der Waals surface area contributed by atoms with Crippen LogP contribution >= 0.6 is 0 Å². The fourth-order valence-electron chi connectivity index (χ4n) is 2.24. The van der Waals surface area contributed by atoms with Gasteiger partial charge in [0.2, 0.25) is 5.91 Å². The van der Waals surface area contributed by atoms with Crippen LogP contribution in [0.5, 0.6) is 0 Å². The lowest BCUT2D eigenvalue weighted by Gasteiger charge is -2.07. The Hall–Kier alpha value is -2.42. The summed E-state index contributed by atoms with van der Waals surface area (Å²) < 4.78 is 0. The van der Waals surface area contributed by atoms with Gasteiger partial charge in [-0.05, 0) is 43.0 Å². The Balaban J connectivity index is 1.89. The summed E-state index contributed by atoms with van der Waals surface area (Å²) in [5, 5.41) is 2.84. The van der Waals surface area contributed by atoms with Gasteiger partial charge < -0.3 is 5.32 Å². The Morgan fingerprint density at radius 1 is 1.00 bits per heavy atom. The highest BCUT2D eigenvalue weighted by Gasteiger charge is 2.05. The van der Waals surface area contributed by atoms with E-state index in [-0.39, 0.29) is 11.7 Å². The third-order valence-electron chi connectivity index (χ3n) is 3.62. The zero-order chi connectivity index (χ0) is 15.9. The number of aryl methyl sites for hydroxylation is 2. The molecule has 0 saturated heterocycles. The Bertz CT molecular complexity index is 659. The molecule has 0 heterocycles. The maximum atomic E-state index is 12.0. The number of amides is 1. The number of rotatable bonds is 6. The van der Waals surface area contributed by atoms with Gasteiger partial charge in [0.05, 0.1) is 0 Å². The zero-order valence-electron chi connectivity index (χ0n) is 13.1. The van der Waals surface area contributed by atoms with Crippen molar-refractivity contribution in [3.8, 4) is 0 Å². The van der Waals surface area contributed by atoms with Crippen molar-refractivity contribution in [2.75, 3.05) is 5.32 Å². The van der Waals surface area contributed by atoms with E-state index in [1.54, 1.807) is 24.3 Å². The molecule has 0 aliphatic carbocycles. The molecule has 3 heteroatoms. The summed E-state index contributed by atoms with van der Waals surface area (Å²) in [6.07, 6.45) is 2.16. The summed E-state index contributed by atoms with van der Waals surface area (Å²) in [5.41, 5.74) is 3.73. The molecule has 0 saturated carbocycles. The van der Waals surface area contributed by atoms with Gasteiger partial charge in [-0.3, -0.25) is 9.59 Å². The Morgan fingerprint density at radius 2 is 1.68 bits per heavy atom. The highest BCUT2D eigenvalue weighted by atomic mass is 16.1. The Kier molecular flexibility index (Phi) is 5.48. The van der Waals surface area contributed by atoms with Crippen molar-refractivity contribution in [2.45, 2.75) is 33.1 Å². The second kappa shape index (κ2) is 7.55. The van der Waals surface area contributed by atoms with E-state index in [0.29, 0.717) is 24.1 Å². The molecule has 0 fully saturated rings. The van der Waals surface area contributed by atoms with Crippen LogP contribution in [0.3, 0.4) is 0 Å². The Morgan fingerprint density at radius 3 is 2.32 bits per heavy atom. The van der Waals surface area contributed by atoms with Gasteiger partial charge in [-0.1, -0.05) is 43.3 Å². The summed E-state index contributed by atoms with van der Waals surface area (Å²) in [7, 11) is 0. The van der Waals surface area contributed by atoms with Gasteiger partial charge in [-0.15, -0.1) is 0 Å². The van der Waals surface area contributed by atoms with E-state index in [4.69, 9.17) is 0 Å². The van der Waals surface area contributed by atoms with E-state index in [9.17, 15) is 9.59 Å². The summed E-state index contributed by atoms with van der Waals surface area (Å²) in [6, 6.07) is 15.4. The first-order chi connectivity index (χ1) is 10.6. The monoisotopic (exact) mass is 295 g/mol. The van der Waals surface area contributed by atoms with E-state index in [0.717, 1.165) is 12.0 Å². The Labute approximate surface area is 131 Å². The minimum atomic E-state index is -0.0414. The van der Waals surface area contributed by atoms with E-state index >= 15 is 0 Å². The second-order valence-corrected chi connectivity index (χ2v) is 5.36. The lowest BCUT2D eigenvalue weighted by atomic mass is 10.1. The molecular formula is C19H21NO2. The van der Waals surface area contributed by atoms with Gasteiger partial charge >= 0.3 is 0 Å². The van der Waals surface area contributed by atoms with Crippen molar-refractivity contribution in [3.05, 3.63) is 65.2 Å².